The van der Waals surface area contributed by atoms with E-state index in [1.54, 1.807) is 13.3 Å². The zero-order valence-corrected chi connectivity index (χ0v) is 15.8. The minimum atomic E-state index is 0.0526. The van der Waals surface area contributed by atoms with Crippen molar-refractivity contribution in [3.8, 4) is 11.5 Å². The van der Waals surface area contributed by atoms with Crippen LogP contribution in [-0.4, -0.2) is 19.4 Å². The summed E-state index contributed by atoms with van der Waals surface area (Å²) in [6, 6.07) is 23.8. The summed E-state index contributed by atoms with van der Waals surface area (Å²) in [6.07, 6.45) is 1.86. The number of methoxy groups -OCH3 is 1. The third kappa shape index (κ3) is 5.11. The Bertz CT molecular complexity index is 888. The average Bonchev–Trinajstić information content (AvgIpc) is 2.68. The van der Waals surface area contributed by atoms with Gasteiger partial charge in [0.15, 0.2) is 11.5 Å². The molecule has 138 valence electrons. The van der Waals surface area contributed by atoms with Crippen LogP contribution in [0, 0.1) is 0 Å². The normalized spacial score (nSPS) is 11.0. The van der Waals surface area contributed by atoms with Crippen LogP contribution in [0.3, 0.4) is 0 Å². The van der Waals surface area contributed by atoms with Gasteiger partial charge in [0.05, 0.1) is 18.9 Å². The monoisotopic (exact) mass is 360 g/mol. The topological polar surface area (TPSA) is 42.8 Å². The summed E-state index contributed by atoms with van der Waals surface area (Å²) in [6.45, 7) is 3.98. The number of hydrogen-bond donors (Lipinski definition) is 1. The fourth-order valence-corrected chi connectivity index (χ4v) is 2.62. The Morgan fingerprint density at radius 1 is 0.852 bits per heavy atom. The van der Waals surface area contributed by atoms with Crippen LogP contribution in [-0.2, 0) is 0 Å². The lowest BCUT2D eigenvalue weighted by atomic mass is 10.2. The van der Waals surface area contributed by atoms with Crippen molar-refractivity contribution in [1.82, 2.24) is 0 Å². The summed E-state index contributed by atoms with van der Waals surface area (Å²) in [5.74, 6) is 1.41. The minimum Gasteiger partial charge on any atom is -0.493 e. The quantitative estimate of drug-likeness (QED) is 0.527. The van der Waals surface area contributed by atoms with Crippen molar-refractivity contribution < 1.29 is 9.47 Å². The van der Waals surface area contributed by atoms with E-state index in [0.717, 1.165) is 22.6 Å². The standard InChI is InChI=1S/C23H24N2O2/c1-17(2)27-23-18(8-7-11-22(23)26-3)16-24-19-12-14-21(15-13-19)25-20-9-5-4-6-10-20/h4-17,25H,1-3H3. The molecule has 3 aromatic carbocycles. The molecular weight excluding hydrogens is 336 g/mol. The number of para-hydroxylation sites is 2. The molecule has 0 spiro atoms. The van der Waals surface area contributed by atoms with Crippen molar-refractivity contribution in [3.05, 3.63) is 78.4 Å². The fourth-order valence-electron chi connectivity index (χ4n) is 2.62. The molecule has 0 atom stereocenters. The lowest BCUT2D eigenvalue weighted by Gasteiger charge is -2.15. The smallest absolute Gasteiger partial charge is 0.170 e. The van der Waals surface area contributed by atoms with Crippen molar-refractivity contribution in [2.24, 2.45) is 4.99 Å². The van der Waals surface area contributed by atoms with E-state index in [1.165, 1.54) is 0 Å². The summed E-state index contributed by atoms with van der Waals surface area (Å²) < 4.78 is 11.3. The maximum atomic E-state index is 5.92. The van der Waals surface area contributed by atoms with Crippen LogP contribution in [0.25, 0.3) is 0 Å². The predicted octanol–water partition coefficient (Wildman–Crippen LogP) is 5.98. The van der Waals surface area contributed by atoms with Gasteiger partial charge in [-0.15, -0.1) is 0 Å². The molecular formula is C23H24N2O2. The van der Waals surface area contributed by atoms with Crippen LogP contribution in [0.4, 0.5) is 17.1 Å². The molecule has 0 aromatic heterocycles. The van der Waals surface area contributed by atoms with E-state index in [2.05, 4.69) is 10.3 Å². The maximum absolute atomic E-state index is 5.92. The molecule has 0 amide bonds. The van der Waals surface area contributed by atoms with Gasteiger partial charge >= 0.3 is 0 Å². The average molecular weight is 360 g/mol. The maximum Gasteiger partial charge on any atom is 0.170 e. The van der Waals surface area contributed by atoms with E-state index in [-0.39, 0.29) is 6.10 Å². The Hall–Kier alpha value is -3.27. The van der Waals surface area contributed by atoms with Crippen LogP contribution >= 0.6 is 0 Å². The molecule has 0 aliphatic carbocycles. The van der Waals surface area contributed by atoms with Gasteiger partial charge in [0.1, 0.15) is 0 Å². The predicted molar refractivity (Wildman–Crippen MR) is 112 cm³/mol. The number of anilines is 2. The van der Waals surface area contributed by atoms with Crippen LogP contribution < -0.4 is 14.8 Å². The van der Waals surface area contributed by atoms with Crippen LogP contribution in [0.1, 0.15) is 19.4 Å². The van der Waals surface area contributed by atoms with E-state index in [4.69, 9.17) is 9.47 Å². The Balaban J connectivity index is 1.76. The summed E-state index contributed by atoms with van der Waals surface area (Å²) in [7, 11) is 1.64. The molecule has 0 radical (unpaired) electrons. The van der Waals surface area contributed by atoms with Gasteiger partial charge in [0, 0.05) is 23.2 Å². The molecule has 0 unspecified atom stereocenters. The van der Waals surface area contributed by atoms with Gasteiger partial charge in [-0.1, -0.05) is 24.3 Å². The molecule has 0 aliphatic rings. The molecule has 0 saturated heterocycles. The first-order chi connectivity index (χ1) is 13.2. The zero-order chi connectivity index (χ0) is 19.1. The van der Waals surface area contributed by atoms with Crippen molar-refractivity contribution in [3.63, 3.8) is 0 Å². The number of nitrogens with one attached hydrogen (secondary N) is 1. The summed E-state index contributed by atoms with van der Waals surface area (Å²) in [4.78, 5) is 4.58. The van der Waals surface area contributed by atoms with Crippen molar-refractivity contribution >= 4 is 23.3 Å². The van der Waals surface area contributed by atoms with Crippen LogP contribution in [0.2, 0.25) is 0 Å². The molecule has 1 N–H and O–H groups in total. The van der Waals surface area contributed by atoms with E-state index in [1.807, 2.05) is 86.6 Å². The van der Waals surface area contributed by atoms with Gasteiger partial charge in [0.25, 0.3) is 0 Å². The van der Waals surface area contributed by atoms with Crippen molar-refractivity contribution in [2.75, 3.05) is 12.4 Å². The number of hydrogen-bond acceptors (Lipinski definition) is 4. The van der Waals surface area contributed by atoms with E-state index >= 15 is 0 Å². The number of nitrogens with zero attached hydrogens (tertiary/aromatic N) is 1. The van der Waals surface area contributed by atoms with Gasteiger partial charge in [-0.3, -0.25) is 4.99 Å². The highest BCUT2D eigenvalue weighted by atomic mass is 16.5. The minimum absolute atomic E-state index is 0.0526. The lowest BCUT2D eigenvalue weighted by Crippen LogP contribution is -2.08. The van der Waals surface area contributed by atoms with E-state index in [9.17, 15) is 0 Å². The summed E-state index contributed by atoms with van der Waals surface area (Å²) in [5, 5.41) is 3.36. The Morgan fingerprint density at radius 2 is 1.56 bits per heavy atom. The molecule has 0 heterocycles. The molecule has 0 saturated carbocycles. The second-order valence-electron chi connectivity index (χ2n) is 6.34. The molecule has 27 heavy (non-hydrogen) atoms. The lowest BCUT2D eigenvalue weighted by molar-refractivity contribution is 0.230. The van der Waals surface area contributed by atoms with Crippen molar-refractivity contribution in [1.29, 1.82) is 0 Å². The molecule has 3 aromatic rings. The number of rotatable bonds is 7. The van der Waals surface area contributed by atoms with Gasteiger partial charge in [-0.05, 0) is 62.4 Å². The second kappa shape index (κ2) is 8.90. The van der Waals surface area contributed by atoms with Crippen LogP contribution in [0.5, 0.6) is 11.5 Å². The summed E-state index contributed by atoms with van der Waals surface area (Å²) in [5.41, 5.74) is 3.83. The first-order valence-corrected chi connectivity index (χ1v) is 8.95. The molecule has 0 aliphatic heterocycles. The molecule has 4 heteroatoms. The third-order valence-electron chi connectivity index (χ3n) is 3.87. The van der Waals surface area contributed by atoms with Gasteiger partial charge in [0.2, 0.25) is 0 Å². The Kier molecular flexibility index (Phi) is 6.10. The third-order valence-corrected chi connectivity index (χ3v) is 3.87. The molecule has 3 rings (SSSR count). The number of aliphatic imine (C=N–C) groups is 1. The highest BCUT2D eigenvalue weighted by Crippen LogP contribution is 2.31. The van der Waals surface area contributed by atoms with E-state index in [0.29, 0.717) is 11.5 Å². The fraction of sp³-hybridized carbons (Fsp3) is 0.174. The second-order valence-corrected chi connectivity index (χ2v) is 6.34. The van der Waals surface area contributed by atoms with Gasteiger partial charge in [-0.2, -0.15) is 0 Å². The highest BCUT2D eigenvalue weighted by molar-refractivity contribution is 5.87. The first kappa shape index (κ1) is 18.5. The molecule has 4 nitrogen and oxygen atoms in total. The first-order valence-electron chi connectivity index (χ1n) is 8.95. The SMILES string of the molecule is COc1cccc(C=Nc2ccc(Nc3ccccc3)cc2)c1OC(C)C. The van der Waals surface area contributed by atoms with Gasteiger partial charge < -0.3 is 14.8 Å². The van der Waals surface area contributed by atoms with Gasteiger partial charge in [-0.25, -0.2) is 0 Å². The van der Waals surface area contributed by atoms with Crippen LogP contribution in [0.15, 0.2) is 77.8 Å². The number of benzene rings is 3. The molecule has 0 bridgehead atoms. The summed E-state index contributed by atoms with van der Waals surface area (Å²) >= 11 is 0. The molecule has 0 fully saturated rings. The number of ether oxygens (including phenoxy) is 2. The van der Waals surface area contributed by atoms with Crippen molar-refractivity contribution in [2.45, 2.75) is 20.0 Å². The Labute approximate surface area is 160 Å². The Morgan fingerprint density at radius 3 is 2.22 bits per heavy atom. The highest BCUT2D eigenvalue weighted by Gasteiger charge is 2.10. The largest absolute Gasteiger partial charge is 0.493 e. The zero-order valence-electron chi connectivity index (χ0n) is 15.8. The van der Waals surface area contributed by atoms with E-state index < -0.39 is 0 Å².